The van der Waals surface area contributed by atoms with Crippen LogP contribution in [0.25, 0.3) is 15.8 Å². The molecule has 1 aromatic carbocycles. The lowest BCUT2D eigenvalue weighted by atomic mass is 10.1. The van der Waals surface area contributed by atoms with Crippen LogP contribution in [0, 0.1) is 5.82 Å². The maximum absolute atomic E-state index is 13.7. The van der Waals surface area contributed by atoms with E-state index in [4.69, 9.17) is 11.6 Å². The van der Waals surface area contributed by atoms with Crippen molar-refractivity contribution >= 4 is 56.8 Å². The molecule has 2 unspecified atom stereocenters. The first-order chi connectivity index (χ1) is 13.9. The van der Waals surface area contributed by atoms with Crippen molar-refractivity contribution in [1.29, 1.82) is 0 Å². The third-order valence-electron chi connectivity index (χ3n) is 4.92. The van der Waals surface area contributed by atoms with E-state index in [0.29, 0.717) is 26.7 Å². The predicted molar refractivity (Wildman–Crippen MR) is 109 cm³/mol. The highest BCUT2D eigenvalue weighted by Crippen LogP contribution is 2.44. The molecule has 0 spiro atoms. The van der Waals surface area contributed by atoms with Crippen LogP contribution in [-0.4, -0.2) is 38.0 Å². The Bertz CT molecular complexity index is 1230. The van der Waals surface area contributed by atoms with Crippen LogP contribution in [0.2, 0.25) is 5.02 Å². The second-order valence-corrected chi connectivity index (χ2v) is 8.30. The van der Waals surface area contributed by atoms with Crippen molar-refractivity contribution in [3.63, 3.8) is 0 Å². The van der Waals surface area contributed by atoms with Gasteiger partial charge in [0.15, 0.2) is 0 Å². The molecular weight excluding hydrogens is 417 g/mol. The summed E-state index contributed by atoms with van der Waals surface area (Å²) in [4.78, 5) is 31.9. The van der Waals surface area contributed by atoms with Gasteiger partial charge in [0.1, 0.15) is 11.1 Å². The van der Waals surface area contributed by atoms with E-state index in [1.165, 1.54) is 36.2 Å². The molecule has 2 aliphatic rings. The molecule has 1 N–H and O–H groups in total. The number of hydrogen-bond donors (Lipinski definition) is 1. The van der Waals surface area contributed by atoms with Gasteiger partial charge in [0, 0.05) is 34.1 Å². The lowest BCUT2D eigenvalue weighted by molar-refractivity contribution is -0.118. The first-order valence-corrected chi connectivity index (χ1v) is 9.94. The first-order valence-electron chi connectivity index (χ1n) is 8.68. The number of aromatic nitrogens is 3. The normalized spacial score (nSPS) is 21.3. The number of halogens is 2. The number of fused-ring (bicyclic) bond motifs is 2. The topological polar surface area (TPSA) is 80.1 Å². The Labute approximate surface area is 173 Å². The average Bonchev–Trinajstić information content (AvgIpc) is 3.28. The quantitative estimate of drug-likeness (QED) is 0.675. The minimum absolute atomic E-state index is 0.362. The van der Waals surface area contributed by atoms with Crippen LogP contribution in [0.3, 0.4) is 0 Å². The summed E-state index contributed by atoms with van der Waals surface area (Å²) in [6, 6.07) is 3.01. The first kappa shape index (κ1) is 18.1. The van der Waals surface area contributed by atoms with Crippen molar-refractivity contribution in [3.05, 3.63) is 59.3 Å². The van der Waals surface area contributed by atoms with Crippen LogP contribution in [0.4, 0.5) is 14.9 Å². The Hall–Kier alpha value is -2.91. The maximum atomic E-state index is 13.7. The number of hydrogen-bond acceptors (Lipinski definition) is 5. The summed E-state index contributed by atoms with van der Waals surface area (Å²) < 4.78 is 15.3. The Morgan fingerprint density at radius 1 is 1.24 bits per heavy atom. The number of amides is 3. The zero-order valence-electron chi connectivity index (χ0n) is 15.0. The average molecular weight is 430 g/mol. The summed E-state index contributed by atoms with van der Waals surface area (Å²) in [5.41, 5.74) is 1.49. The zero-order valence-corrected chi connectivity index (χ0v) is 16.5. The highest BCUT2D eigenvalue weighted by atomic mass is 35.5. The Morgan fingerprint density at radius 3 is 2.90 bits per heavy atom. The maximum Gasteiger partial charge on any atom is 0.329 e. The van der Waals surface area contributed by atoms with E-state index >= 15 is 0 Å². The molecule has 0 bridgehead atoms. The monoisotopic (exact) mass is 429 g/mol. The molecule has 2 aliphatic heterocycles. The molecular formula is C19H13ClFN5O2S. The second-order valence-electron chi connectivity index (χ2n) is 6.71. The van der Waals surface area contributed by atoms with E-state index in [2.05, 4.69) is 15.4 Å². The van der Waals surface area contributed by atoms with Gasteiger partial charge in [-0.2, -0.15) is 5.10 Å². The number of urea groups is 1. The van der Waals surface area contributed by atoms with Gasteiger partial charge in [0.05, 0.1) is 29.6 Å². The van der Waals surface area contributed by atoms with E-state index in [0.717, 1.165) is 10.3 Å². The molecule has 3 amide bonds. The minimum Gasteiger partial charge on any atom is -0.329 e. The number of nitrogens with one attached hydrogen (secondary N) is 1. The highest BCUT2D eigenvalue weighted by Gasteiger charge is 2.46. The summed E-state index contributed by atoms with van der Waals surface area (Å²) in [6.07, 6.45) is 6.46. The summed E-state index contributed by atoms with van der Waals surface area (Å²) >= 11 is 7.46. The number of thioether (sulfide) groups is 1. The molecule has 146 valence electrons. The summed E-state index contributed by atoms with van der Waals surface area (Å²) in [5, 5.41) is 7.53. The molecule has 7 nitrogen and oxygen atoms in total. The second kappa shape index (κ2) is 6.57. The van der Waals surface area contributed by atoms with Gasteiger partial charge in [-0.15, -0.1) is 11.8 Å². The van der Waals surface area contributed by atoms with Gasteiger partial charge in [0.25, 0.3) is 5.91 Å². The molecule has 0 aliphatic carbocycles. The molecule has 1 saturated heterocycles. The van der Waals surface area contributed by atoms with Crippen molar-refractivity contribution in [1.82, 2.24) is 20.1 Å². The van der Waals surface area contributed by atoms with E-state index in [9.17, 15) is 14.0 Å². The number of anilines is 1. The third-order valence-corrected chi connectivity index (χ3v) is 6.61. The number of benzene rings is 1. The van der Waals surface area contributed by atoms with Crippen LogP contribution >= 0.6 is 23.4 Å². The number of pyridine rings is 1. The third kappa shape index (κ3) is 2.80. The number of carbonyl (C=O) groups is 2. The fourth-order valence-corrected chi connectivity index (χ4v) is 5.17. The molecule has 29 heavy (non-hydrogen) atoms. The Balaban J connectivity index is 1.52. The van der Waals surface area contributed by atoms with E-state index in [-0.39, 0.29) is 5.91 Å². The highest BCUT2D eigenvalue weighted by molar-refractivity contribution is 8.09. The Morgan fingerprint density at radius 2 is 2.07 bits per heavy atom. The van der Waals surface area contributed by atoms with Crippen LogP contribution in [0.15, 0.2) is 42.9 Å². The van der Waals surface area contributed by atoms with Crippen LogP contribution in [0.1, 0.15) is 5.56 Å². The SMILES string of the molecule is Cn1ncc2cncc(N3C(=O)NC4C=C(c5cc(F)ccc5Cl)SC4C3=O)c21. The standard InChI is InChI=1S/C19H13ClFN5O2S/c1-25-16-9(7-23-25)6-22-8-14(16)26-18(27)17-13(24-19(26)28)5-15(29-17)11-4-10(21)2-3-12(11)20/h2-8,13,17H,1H3,(H,24,28). The number of imide groups is 1. The fraction of sp³-hybridized carbons (Fsp3) is 0.158. The largest absolute Gasteiger partial charge is 0.329 e. The number of carbonyl (C=O) groups excluding carboxylic acids is 2. The number of rotatable bonds is 2. The summed E-state index contributed by atoms with van der Waals surface area (Å²) in [5.74, 6) is -0.801. The predicted octanol–water partition coefficient (Wildman–Crippen LogP) is 3.34. The summed E-state index contributed by atoms with van der Waals surface area (Å²) in [7, 11) is 1.73. The fourth-order valence-electron chi connectivity index (χ4n) is 3.60. The molecule has 5 rings (SSSR count). The van der Waals surface area contributed by atoms with Gasteiger partial charge in [0.2, 0.25) is 0 Å². The summed E-state index contributed by atoms with van der Waals surface area (Å²) in [6.45, 7) is 0. The van der Waals surface area contributed by atoms with Crippen molar-refractivity contribution in [2.75, 3.05) is 4.90 Å². The molecule has 4 heterocycles. The van der Waals surface area contributed by atoms with Crippen LogP contribution in [-0.2, 0) is 11.8 Å². The Kier molecular flexibility index (Phi) is 4.11. The van der Waals surface area contributed by atoms with Gasteiger partial charge in [-0.05, 0) is 24.3 Å². The van der Waals surface area contributed by atoms with E-state index in [1.54, 1.807) is 30.2 Å². The van der Waals surface area contributed by atoms with Crippen molar-refractivity contribution < 1.29 is 14.0 Å². The smallest absolute Gasteiger partial charge is 0.329 e. The number of aryl methyl sites for hydroxylation is 1. The van der Waals surface area contributed by atoms with Gasteiger partial charge < -0.3 is 5.32 Å². The van der Waals surface area contributed by atoms with Crippen molar-refractivity contribution in [3.8, 4) is 0 Å². The van der Waals surface area contributed by atoms with Crippen LogP contribution < -0.4 is 10.2 Å². The molecule has 0 saturated carbocycles. The van der Waals surface area contributed by atoms with Gasteiger partial charge in [-0.25, -0.2) is 14.1 Å². The van der Waals surface area contributed by atoms with E-state index < -0.39 is 23.1 Å². The molecule has 1 fully saturated rings. The molecule has 10 heteroatoms. The van der Waals surface area contributed by atoms with Gasteiger partial charge >= 0.3 is 6.03 Å². The zero-order chi connectivity index (χ0) is 20.3. The molecule has 3 aromatic rings. The lowest BCUT2D eigenvalue weighted by Crippen LogP contribution is -2.60. The van der Waals surface area contributed by atoms with Crippen molar-refractivity contribution in [2.45, 2.75) is 11.3 Å². The minimum atomic E-state index is -0.592. The van der Waals surface area contributed by atoms with Gasteiger partial charge in [-0.3, -0.25) is 14.5 Å². The van der Waals surface area contributed by atoms with Crippen LogP contribution in [0.5, 0.6) is 0 Å². The lowest BCUT2D eigenvalue weighted by Gasteiger charge is -2.33. The molecule has 0 radical (unpaired) electrons. The van der Waals surface area contributed by atoms with Gasteiger partial charge in [-0.1, -0.05) is 11.6 Å². The molecule has 2 aromatic heterocycles. The molecule has 2 atom stereocenters. The van der Waals surface area contributed by atoms with Crippen molar-refractivity contribution in [2.24, 2.45) is 7.05 Å². The number of nitrogens with zero attached hydrogens (tertiary/aromatic N) is 4. The van der Waals surface area contributed by atoms with E-state index in [1.807, 2.05) is 0 Å².